The summed E-state index contributed by atoms with van der Waals surface area (Å²) in [6, 6.07) is 4.60. The molecule has 0 bridgehead atoms. The van der Waals surface area contributed by atoms with Crippen LogP contribution in [0.5, 0.6) is 5.75 Å². The van der Waals surface area contributed by atoms with Crippen LogP contribution in [0.1, 0.15) is 12.5 Å². The molecule has 0 aromatic heterocycles. The predicted octanol–water partition coefficient (Wildman–Crippen LogP) is 2.07. The molecule has 1 aliphatic rings. The molecule has 1 heterocycles. The minimum Gasteiger partial charge on any atom is -0.490 e. The van der Waals surface area contributed by atoms with Crippen molar-refractivity contribution >= 4 is 5.69 Å². The second kappa shape index (κ2) is 3.75. The number of ether oxygens (including phenoxy) is 2. The van der Waals surface area contributed by atoms with Crippen molar-refractivity contribution in [3.05, 3.63) is 33.9 Å². The molecular weight excluding hydrogens is 210 g/mol. The van der Waals surface area contributed by atoms with Crippen molar-refractivity contribution in [2.45, 2.75) is 19.4 Å². The Labute approximate surface area is 93.1 Å². The Bertz CT molecular complexity index is 426. The van der Waals surface area contributed by atoms with E-state index < -0.39 is 4.92 Å². The fourth-order valence-corrected chi connectivity index (χ4v) is 1.29. The zero-order valence-corrected chi connectivity index (χ0v) is 9.23. The van der Waals surface area contributed by atoms with E-state index in [4.69, 9.17) is 9.47 Å². The van der Waals surface area contributed by atoms with E-state index in [0.717, 1.165) is 5.56 Å². The van der Waals surface area contributed by atoms with Crippen molar-refractivity contribution in [1.82, 2.24) is 0 Å². The first-order chi connectivity index (χ1) is 7.50. The molecule has 1 fully saturated rings. The van der Waals surface area contributed by atoms with Crippen LogP contribution in [0.2, 0.25) is 0 Å². The van der Waals surface area contributed by atoms with Crippen LogP contribution in [0.4, 0.5) is 5.69 Å². The van der Waals surface area contributed by atoms with E-state index in [1.807, 2.05) is 13.8 Å². The molecule has 2 rings (SSSR count). The van der Waals surface area contributed by atoms with Crippen LogP contribution in [-0.4, -0.2) is 23.7 Å². The average molecular weight is 223 g/mol. The van der Waals surface area contributed by atoms with Gasteiger partial charge in [0.1, 0.15) is 18.0 Å². The standard InChI is InChI=1S/C11H13NO4/c1-8-3-4-9(12(13)14)5-10(8)15-6-11(2)7-16-11/h3-5H,6-7H2,1-2H3. The third kappa shape index (κ3) is 2.30. The molecule has 1 unspecified atom stereocenters. The van der Waals surface area contributed by atoms with Gasteiger partial charge in [0.25, 0.3) is 5.69 Å². The van der Waals surface area contributed by atoms with Gasteiger partial charge in [0.15, 0.2) is 0 Å². The normalized spacial score (nSPS) is 22.9. The highest BCUT2D eigenvalue weighted by atomic mass is 16.6. The van der Waals surface area contributed by atoms with Gasteiger partial charge in [-0.25, -0.2) is 0 Å². The number of epoxide rings is 1. The molecule has 1 atom stereocenters. The third-order valence-electron chi connectivity index (χ3n) is 2.55. The number of aryl methyl sites for hydroxylation is 1. The summed E-state index contributed by atoms with van der Waals surface area (Å²) in [6.07, 6.45) is 0. The summed E-state index contributed by atoms with van der Waals surface area (Å²) in [5, 5.41) is 10.6. The molecule has 86 valence electrons. The summed E-state index contributed by atoms with van der Waals surface area (Å²) >= 11 is 0. The van der Waals surface area contributed by atoms with E-state index >= 15 is 0 Å². The van der Waals surface area contributed by atoms with Gasteiger partial charge in [0.05, 0.1) is 17.6 Å². The Hall–Kier alpha value is -1.62. The maximum Gasteiger partial charge on any atom is 0.273 e. The maximum absolute atomic E-state index is 10.6. The van der Waals surface area contributed by atoms with E-state index in [2.05, 4.69) is 0 Å². The van der Waals surface area contributed by atoms with Gasteiger partial charge in [-0.1, -0.05) is 0 Å². The van der Waals surface area contributed by atoms with Crippen LogP contribution in [-0.2, 0) is 4.74 Å². The highest BCUT2D eigenvalue weighted by molar-refractivity contribution is 5.43. The topological polar surface area (TPSA) is 64.9 Å². The van der Waals surface area contributed by atoms with Gasteiger partial charge in [-0.15, -0.1) is 0 Å². The summed E-state index contributed by atoms with van der Waals surface area (Å²) in [6.45, 7) is 4.91. The highest BCUT2D eigenvalue weighted by Crippen LogP contribution is 2.29. The Morgan fingerprint density at radius 2 is 2.31 bits per heavy atom. The molecule has 1 aliphatic heterocycles. The van der Waals surface area contributed by atoms with Crippen LogP contribution in [0.3, 0.4) is 0 Å². The maximum atomic E-state index is 10.6. The summed E-state index contributed by atoms with van der Waals surface area (Å²) in [4.78, 5) is 10.2. The Balaban J connectivity index is 2.12. The second-order valence-electron chi connectivity index (χ2n) is 4.23. The summed E-state index contributed by atoms with van der Waals surface area (Å²) in [5.74, 6) is 0.547. The van der Waals surface area contributed by atoms with Gasteiger partial charge in [-0.2, -0.15) is 0 Å². The number of rotatable bonds is 4. The van der Waals surface area contributed by atoms with Crippen LogP contribution < -0.4 is 4.74 Å². The number of non-ortho nitro benzene ring substituents is 1. The first-order valence-electron chi connectivity index (χ1n) is 5.02. The Morgan fingerprint density at radius 3 is 2.88 bits per heavy atom. The van der Waals surface area contributed by atoms with Gasteiger partial charge in [-0.3, -0.25) is 10.1 Å². The van der Waals surface area contributed by atoms with Crippen molar-refractivity contribution in [3.8, 4) is 5.75 Å². The van der Waals surface area contributed by atoms with E-state index in [-0.39, 0.29) is 11.3 Å². The average Bonchev–Trinajstić information content (AvgIpc) is 2.95. The number of nitro groups is 1. The van der Waals surface area contributed by atoms with Gasteiger partial charge in [0, 0.05) is 6.07 Å². The van der Waals surface area contributed by atoms with Crippen LogP contribution in [0.25, 0.3) is 0 Å². The quantitative estimate of drug-likeness (QED) is 0.445. The van der Waals surface area contributed by atoms with Crippen molar-refractivity contribution in [1.29, 1.82) is 0 Å². The zero-order chi connectivity index (χ0) is 11.8. The molecule has 0 spiro atoms. The molecule has 1 saturated heterocycles. The Morgan fingerprint density at radius 1 is 1.62 bits per heavy atom. The lowest BCUT2D eigenvalue weighted by atomic mass is 10.2. The number of hydrogen-bond donors (Lipinski definition) is 0. The monoisotopic (exact) mass is 223 g/mol. The fraction of sp³-hybridized carbons (Fsp3) is 0.455. The molecule has 16 heavy (non-hydrogen) atoms. The van der Waals surface area contributed by atoms with Crippen LogP contribution in [0, 0.1) is 17.0 Å². The van der Waals surface area contributed by atoms with E-state index in [0.29, 0.717) is 19.0 Å². The highest BCUT2D eigenvalue weighted by Gasteiger charge is 2.40. The number of nitro benzene ring substituents is 1. The molecular formula is C11H13NO4. The van der Waals surface area contributed by atoms with Crippen molar-refractivity contribution in [2.75, 3.05) is 13.2 Å². The molecule has 0 saturated carbocycles. The van der Waals surface area contributed by atoms with E-state index in [1.54, 1.807) is 6.07 Å². The smallest absolute Gasteiger partial charge is 0.273 e. The van der Waals surface area contributed by atoms with Crippen LogP contribution >= 0.6 is 0 Å². The predicted molar refractivity (Wildman–Crippen MR) is 57.7 cm³/mol. The minimum atomic E-state index is -0.429. The van der Waals surface area contributed by atoms with E-state index in [1.165, 1.54) is 12.1 Å². The molecule has 5 heteroatoms. The van der Waals surface area contributed by atoms with Crippen molar-refractivity contribution < 1.29 is 14.4 Å². The van der Waals surface area contributed by atoms with Crippen molar-refractivity contribution in [3.63, 3.8) is 0 Å². The number of hydrogen-bond acceptors (Lipinski definition) is 4. The molecule has 0 amide bonds. The Kier molecular flexibility index (Phi) is 2.55. The van der Waals surface area contributed by atoms with Gasteiger partial charge in [-0.05, 0) is 25.5 Å². The third-order valence-corrected chi connectivity index (χ3v) is 2.55. The minimum absolute atomic E-state index is 0.0440. The molecule has 1 aromatic carbocycles. The molecule has 0 radical (unpaired) electrons. The molecule has 1 aromatic rings. The fourth-order valence-electron chi connectivity index (χ4n) is 1.29. The van der Waals surface area contributed by atoms with E-state index in [9.17, 15) is 10.1 Å². The van der Waals surface area contributed by atoms with Gasteiger partial charge >= 0.3 is 0 Å². The van der Waals surface area contributed by atoms with Crippen molar-refractivity contribution in [2.24, 2.45) is 0 Å². The van der Waals surface area contributed by atoms with Crippen LogP contribution in [0.15, 0.2) is 18.2 Å². The molecule has 0 N–H and O–H groups in total. The first-order valence-corrected chi connectivity index (χ1v) is 5.02. The molecule has 5 nitrogen and oxygen atoms in total. The second-order valence-corrected chi connectivity index (χ2v) is 4.23. The number of benzene rings is 1. The largest absolute Gasteiger partial charge is 0.490 e. The number of nitrogens with zero attached hydrogens (tertiary/aromatic N) is 1. The summed E-state index contributed by atoms with van der Waals surface area (Å²) < 4.78 is 10.7. The first kappa shape index (κ1) is 10.9. The summed E-state index contributed by atoms with van der Waals surface area (Å²) in [5.41, 5.74) is 0.717. The molecule has 0 aliphatic carbocycles. The van der Waals surface area contributed by atoms with Gasteiger partial charge < -0.3 is 9.47 Å². The lowest BCUT2D eigenvalue weighted by Crippen LogP contribution is -2.17. The SMILES string of the molecule is Cc1ccc([N+](=O)[O-])cc1OCC1(C)CO1. The van der Waals surface area contributed by atoms with Gasteiger partial charge in [0.2, 0.25) is 0 Å². The summed E-state index contributed by atoms with van der Waals surface area (Å²) in [7, 11) is 0. The lowest BCUT2D eigenvalue weighted by Gasteiger charge is -2.10. The zero-order valence-electron chi connectivity index (χ0n) is 9.23. The lowest BCUT2D eigenvalue weighted by molar-refractivity contribution is -0.385.